The number of hydrazone groups is 1. The molecule has 1 heterocycles. The number of sulfonamides is 1. The van der Waals surface area contributed by atoms with Crippen LogP contribution in [-0.2, 0) is 24.3 Å². The highest BCUT2D eigenvalue weighted by Gasteiger charge is 2.22. The molecule has 0 atom stereocenters. The van der Waals surface area contributed by atoms with Crippen molar-refractivity contribution in [2.24, 2.45) is 5.10 Å². The minimum Gasteiger partial charge on any atom is -0.484 e. The molecular formula is C24H30N4O6S. The van der Waals surface area contributed by atoms with Crippen LogP contribution in [0.3, 0.4) is 0 Å². The number of hydrogen-bond acceptors (Lipinski definition) is 7. The summed E-state index contributed by atoms with van der Waals surface area (Å²) in [6.07, 6.45) is 2.49. The summed E-state index contributed by atoms with van der Waals surface area (Å²) in [5, 5.41) is 3.92. The molecule has 1 aliphatic rings. The van der Waals surface area contributed by atoms with E-state index in [1.165, 1.54) is 6.21 Å². The molecule has 0 bridgehead atoms. The summed E-state index contributed by atoms with van der Waals surface area (Å²) in [6.45, 7) is 5.44. The van der Waals surface area contributed by atoms with Crippen LogP contribution < -0.4 is 14.5 Å². The molecule has 0 aliphatic carbocycles. The molecule has 35 heavy (non-hydrogen) atoms. The monoisotopic (exact) mass is 502 g/mol. The van der Waals surface area contributed by atoms with Crippen LogP contribution in [-0.4, -0.2) is 77.1 Å². The van der Waals surface area contributed by atoms with Crippen LogP contribution in [0.15, 0.2) is 47.6 Å². The Labute approximate surface area is 205 Å². The Morgan fingerprint density at radius 3 is 2.49 bits per heavy atom. The SMILES string of the molecule is Cc1cccc(N(CC(=O)N/N=C\c2ccc(OCC(=O)N3CCOCC3)cc2)S(C)(=O)=O)c1C. The Hall–Kier alpha value is -3.44. The minimum absolute atomic E-state index is 0.0548. The number of nitrogens with zero attached hydrogens (tertiary/aromatic N) is 3. The van der Waals surface area contributed by atoms with Crippen molar-refractivity contribution >= 4 is 33.7 Å². The fourth-order valence-electron chi connectivity index (χ4n) is 3.43. The number of benzene rings is 2. The minimum atomic E-state index is -3.68. The van der Waals surface area contributed by atoms with Gasteiger partial charge in [0.25, 0.3) is 11.8 Å². The van der Waals surface area contributed by atoms with E-state index in [0.29, 0.717) is 43.3 Å². The van der Waals surface area contributed by atoms with Crippen LogP contribution in [0, 0.1) is 13.8 Å². The van der Waals surface area contributed by atoms with E-state index in [1.807, 2.05) is 19.9 Å². The van der Waals surface area contributed by atoms with Crippen molar-refractivity contribution in [3.63, 3.8) is 0 Å². The van der Waals surface area contributed by atoms with Gasteiger partial charge in [-0.1, -0.05) is 12.1 Å². The number of carbonyl (C=O) groups is 2. The molecule has 2 amide bonds. The van der Waals surface area contributed by atoms with E-state index in [1.54, 1.807) is 41.3 Å². The van der Waals surface area contributed by atoms with Gasteiger partial charge in [-0.25, -0.2) is 13.8 Å². The summed E-state index contributed by atoms with van der Waals surface area (Å²) in [4.78, 5) is 26.3. The maximum Gasteiger partial charge on any atom is 0.260 e. The summed E-state index contributed by atoms with van der Waals surface area (Å²) in [6, 6.07) is 12.1. The average Bonchev–Trinajstić information content (AvgIpc) is 2.83. The third-order valence-corrected chi connectivity index (χ3v) is 6.67. The van der Waals surface area contributed by atoms with E-state index < -0.39 is 22.5 Å². The van der Waals surface area contributed by atoms with E-state index in [4.69, 9.17) is 9.47 Å². The highest BCUT2D eigenvalue weighted by Crippen LogP contribution is 2.24. The molecule has 2 aromatic carbocycles. The van der Waals surface area contributed by atoms with Crippen molar-refractivity contribution in [3.8, 4) is 5.75 Å². The molecule has 1 N–H and O–H groups in total. The van der Waals surface area contributed by atoms with Crippen molar-refractivity contribution in [2.75, 3.05) is 50.0 Å². The van der Waals surface area contributed by atoms with Gasteiger partial charge in [0.2, 0.25) is 10.0 Å². The van der Waals surface area contributed by atoms with Crippen molar-refractivity contribution < 1.29 is 27.5 Å². The van der Waals surface area contributed by atoms with E-state index in [0.717, 1.165) is 21.7 Å². The normalized spacial score (nSPS) is 14.1. The molecule has 1 fully saturated rings. The zero-order valence-electron chi connectivity index (χ0n) is 20.1. The van der Waals surface area contributed by atoms with Gasteiger partial charge in [0.1, 0.15) is 12.3 Å². The van der Waals surface area contributed by atoms with E-state index in [-0.39, 0.29) is 12.5 Å². The van der Waals surface area contributed by atoms with Crippen LogP contribution in [0.5, 0.6) is 5.75 Å². The Morgan fingerprint density at radius 1 is 1.14 bits per heavy atom. The van der Waals surface area contributed by atoms with Crippen molar-refractivity contribution in [3.05, 3.63) is 59.2 Å². The fraction of sp³-hybridized carbons (Fsp3) is 0.375. The van der Waals surface area contributed by atoms with Gasteiger partial charge in [-0.3, -0.25) is 13.9 Å². The van der Waals surface area contributed by atoms with Crippen LogP contribution in [0.2, 0.25) is 0 Å². The molecule has 1 aliphatic heterocycles. The molecule has 0 spiro atoms. The van der Waals surface area contributed by atoms with Crippen molar-refractivity contribution in [1.29, 1.82) is 0 Å². The van der Waals surface area contributed by atoms with Gasteiger partial charge >= 0.3 is 0 Å². The van der Waals surface area contributed by atoms with Gasteiger partial charge in [-0.15, -0.1) is 0 Å². The first-order chi connectivity index (χ1) is 16.6. The quantitative estimate of drug-likeness (QED) is 0.410. The lowest BCUT2D eigenvalue weighted by Gasteiger charge is -2.26. The third kappa shape index (κ3) is 7.52. The molecule has 1 saturated heterocycles. The Bertz CT molecular complexity index is 1180. The third-order valence-electron chi connectivity index (χ3n) is 5.54. The first kappa shape index (κ1) is 26.2. The molecule has 0 radical (unpaired) electrons. The highest BCUT2D eigenvalue weighted by atomic mass is 32.2. The lowest BCUT2D eigenvalue weighted by atomic mass is 10.1. The predicted octanol–water partition coefficient (Wildman–Crippen LogP) is 1.46. The molecule has 10 nitrogen and oxygen atoms in total. The van der Waals surface area contributed by atoms with Gasteiger partial charge < -0.3 is 14.4 Å². The Balaban J connectivity index is 1.53. The lowest BCUT2D eigenvalue weighted by molar-refractivity contribution is -0.137. The Kier molecular flexibility index (Phi) is 8.83. The number of anilines is 1. The van der Waals surface area contributed by atoms with Crippen molar-refractivity contribution in [2.45, 2.75) is 13.8 Å². The molecule has 0 unspecified atom stereocenters. The molecule has 3 rings (SSSR count). The molecular weight excluding hydrogens is 472 g/mol. The largest absolute Gasteiger partial charge is 0.484 e. The zero-order chi connectivity index (χ0) is 25.4. The summed E-state index contributed by atoms with van der Waals surface area (Å²) < 4.78 is 36.5. The van der Waals surface area contributed by atoms with Crippen LogP contribution >= 0.6 is 0 Å². The number of hydrogen-bond donors (Lipinski definition) is 1. The molecule has 188 valence electrons. The number of nitrogens with one attached hydrogen (secondary N) is 1. The zero-order valence-corrected chi connectivity index (χ0v) is 20.9. The maximum atomic E-state index is 12.4. The molecule has 2 aromatic rings. The second-order valence-electron chi connectivity index (χ2n) is 8.13. The van der Waals surface area contributed by atoms with Crippen molar-refractivity contribution in [1.82, 2.24) is 10.3 Å². The smallest absolute Gasteiger partial charge is 0.260 e. The van der Waals surface area contributed by atoms with E-state index in [9.17, 15) is 18.0 Å². The highest BCUT2D eigenvalue weighted by molar-refractivity contribution is 7.92. The van der Waals surface area contributed by atoms with E-state index >= 15 is 0 Å². The molecule has 0 saturated carbocycles. The number of rotatable bonds is 9. The van der Waals surface area contributed by atoms with Crippen LogP contribution in [0.1, 0.15) is 16.7 Å². The number of aryl methyl sites for hydroxylation is 1. The number of amides is 2. The van der Waals surface area contributed by atoms with Gasteiger partial charge in [0, 0.05) is 13.1 Å². The number of carbonyl (C=O) groups excluding carboxylic acids is 2. The topological polar surface area (TPSA) is 118 Å². The second-order valence-corrected chi connectivity index (χ2v) is 10.0. The van der Waals surface area contributed by atoms with Crippen LogP contribution in [0.4, 0.5) is 5.69 Å². The maximum absolute atomic E-state index is 12.4. The van der Waals surface area contributed by atoms with Gasteiger partial charge in [-0.2, -0.15) is 5.10 Å². The van der Waals surface area contributed by atoms with Crippen LogP contribution in [0.25, 0.3) is 0 Å². The average molecular weight is 503 g/mol. The number of ether oxygens (including phenoxy) is 2. The number of morpholine rings is 1. The standard InChI is InChI=1S/C24H30N4O6S/c1-18-5-4-6-22(19(18)2)28(35(3,31)32)16-23(29)26-25-15-20-7-9-21(10-8-20)34-17-24(30)27-11-13-33-14-12-27/h4-10,15H,11-14,16-17H2,1-3H3,(H,26,29)/b25-15-. The fourth-order valence-corrected chi connectivity index (χ4v) is 4.34. The first-order valence-electron chi connectivity index (χ1n) is 11.1. The van der Waals surface area contributed by atoms with E-state index in [2.05, 4.69) is 10.5 Å². The first-order valence-corrected chi connectivity index (χ1v) is 12.9. The Morgan fingerprint density at radius 2 is 1.83 bits per heavy atom. The van der Waals surface area contributed by atoms with Gasteiger partial charge in [0.05, 0.1) is 31.4 Å². The van der Waals surface area contributed by atoms with Gasteiger partial charge in [0.15, 0.2) is 6.61 Å². The predicted molar refractivity (Wildman–Crippen MR) is 133 cm³/mol. The summed E-state index contributed by atoms with van der Waals surface area (Å²) in [5.74, 6) is -0.134. The summed E-state index contributed by atoms with van der Waals surface area (Å²) >= 11 is 0. The second kappa shape index (κ2) is 11.8. The van der Waals surface area contributed by atoms with Gasteiger partial charge in [-0.05, 0) is 60.9 Å². The summed E-state index contributed by atoms with van der Waals surface area (Å²) in [5.41, 5.74) is 5.21. The lowest BCUT2D eigenvalue weighted by Crippen LogP contribution is -2.42. The molecule has 11 heteroatoms. The molecule has 0 aromatic heterocycles. The summed E-state index contributed by atoms with van der Waals surface area (Å²) in [7, 11) is -3.68.